The van der Waals surface area contributed by atoms with Crippen LogP contribution in [-0.2, 0) is 4.79 Å². The molecule has 1 N–H and O–H groups in total. The quantitative estimate of drug-likeness (QED) is 0.809. The maximum atomic E-state index is 12.5. The van der Waals surface area contributed by atoms with Gasteiger partial charge in [0.15, 0.2) is 0 Å². The molecule has 3 rings (SSSR count). The third-order valence-electron chi connectivity index (χ3n) is 4.76. The zero-order valence-electron chi connectivity index (χ0n) is 11.8. The third-order valence-corrected chi connectivity index (χ3v) is 4.76. The fourth-order valence-electron chi connectivity index (χ4n) is 3.48. The molecule has 3 aliphatic rings. The molecule has 102 valence electrons. The average Bonchev–Trinajstić information content (AvgIpc) is 2.91. The Labute approximate surface area is 110 Å². The molecule has 0 aromatic heterocycles. The average molecular weight is 251 g/mol. The lowest BCUT2D eigenvalue weighted by molar-refractivity contribution is -0.131. The van der Waals surface area contributed by atoms with Gasteiger partial charge in [-0.1, -0.05) is 13.8 Å². The molecule has 2 atom stereocenters. The molecule has 2 aliphatic heterocycles. The van der Waals surface area contributed by atoms with Gasteiger partial charge in [-0.15, -0.1) is 0 Å². The smallest absolute Gasteiger partial charge is 0.244 e. The highest BCUT2D eigenvalue weighted by Crippen LogP contribution is 2.43. The van der Waals surface area contributed by atoms with Crippen LogP contribution in [-0.4, -0.2) is 54.1 Å². The van der Waals surface area contributed by atoms with Gasteiger partial charge < -0.3 is 9.80 Å². The van der Waals surface area contributed by atoms with Crippen LogP contribution in [0, 0.1) is 11.8 Å². The number of nitrogens with zero attached hydrogens (tertiary/aromatic N) is 2. The molecule has 1 spiro atoms. The minimum Gasteiger partial charge on any atom is -0.325 e. The number of hydrogen-bond acceptors (Lipinski definition) is 3. The maximum Gasteiger partial charge on any atom is 0.244 e. The molecule has 0 aromatic carbocycles. The van der Waals surface area contributed by atoms with Crippen molar-refractivity contribution in [1.29, 1.82) is 0 Å². The van der Waals surface area contributed by atoms with E-state index in [1.165, 1.54) is 13.0 Å². The van der Waals surface area contributed by atoms with Gasteiger partial charge in [0.25, 0.3) is 0 Å². The van der Waals surface area contributed by atoms with Gasteiger partial charge in [-0.05, 0) is 44.7 Å². The van der Waals surface area contributed by atoms with E-state index in [4.69, 9.17) is 0 Å². The summed E-state index contributed by atoms with van der Waals surface area (Å²) in [6, 6.07) is 0. The SMILES string of the molecule is CC(C)C1NC2(CC2)C(=O)N1CC1CCN(C)C1. The van der Waals surface area contributed by atoms with E-state index in [9.17, 15) is 4.79 Å². The molecular weight excluding hydrogens is 226 g/mol. The number of amides is 1. The van der Waals surface area contributed by atoms with Crippen molar-refractivity contribution in [3.63, 3.8) is 0 Å². The Balaban J connectivity index is 1.70. The van der Waals surface area contributed by atoms with Crippen molar-refractivity contribution in [3.8, 4) is 0 Å². The molecule has 2 unspecified atom stereocenters. The zero-order valence-corrected chi connectivity index (χ0v) is 11.8. The van der Waals surface area contributed by atoms with Gasteiger partial charge in [-0.3, -0.25) is 10.1 Å². The van der Waals surface area contributed by atoms with E-state index in [1.54, 1.807) is 0 Å². The molecule has 3 fully saturated rings. The summed E-state index contributed by atoms with van der Waals surface area (Å²) in [5.74, 6) is 1.53. The molecule has 2 heterocycles. The van der Waals surface area contributed by atoms with Crippen LogP contribution >= 0.6 is 0 Å². The molecular formula is C14H25N3O. The Bertz CT molecular complexity index is 351. The predicted octanol–water partition coefficient (Wildman–Crippen LogP) is 0.885. The number of nitrogens with one attached hydrogen (secondary N) is 1. The number of carbonyl (C=O) groups excluding carboxylic acids is 1. The normalized spacial score (nSPS) is 35.1. The summed E-state index contributed by atoms with van der Waals surface area (Å²) in [5.41, 5.74) is -0.153. The number of carbonyl (C=O) groups is 1. The van der Waals surface area contributed by atoms with Crippen LogP contribution in [0.5, 0.6) is 0 Å². The summed E-state index contributed by atoms with van der Waals surface area (Å²) >= 11 is 0. The third kappa shape index (κ3) is 1.95. The van der Waals surface area contributed by atoms with Crippen LogP contribution < -0.4 is 5.32 Å². The monoisotopic (exact) mass is 251 g/mol. The second kappa shape index (κ2) is 4.20. The van der Waals surface area contributed by atoms with Crippen molar-refractivity contribution in [1.82, 2.24) is 15.1 Å². The first-order valence-electron chi connectivity index (χ1n) is 7.29. The second-order valence-electron chi connectivity index (χ2n) is 6.79. The summed E-state index contributed by atoms with van der Waals surface area (Å²) in [6.45, 7) is 7.68. The first kappa shape index (κ1) is 12.4. The van der Waals surface area contributed by atoms with Crippen molar-refractivity contribution in [2.45, 2.75) is 44.8 Å². The number of likely N-dealkylation sites (tertiary alicyclic amines) is 1. The highest BCUT2D eigenvalue weighted by molar-refractivity contribution is 5.91. The summed E-state index contributed by atoms with van der Waals surface area (Å²) in [7, 11) is 2.17. The highest BCUT2D eigenvalue weighted by Gasteiger charge is 2.59. The Morgan fingerprint density at radius 3 is 2.67 bits per heavy atom. The summed E-state index contributed by atoms with van der Waals surface area (Å²) < 4.78 is 0. The van der Waals surface area contributed by atoms with Crippen molar-refractivity contribution >= 4 is 5.91 Å². The Morgan fingerprint density at radius 1 is 1.44 bits per heavy atom. The van der Waals surface area contributed by atoms with Gasteiger partial charge in [0.1, 0.15) is 0 Å². The highest BCUT2D eigenvalue weighted by atomic mass is 16.2. The fourth-order valence-corrected chi connectivity index (χ4v) is 3.48. The van der Waals surface area contributed by atoms with Crippen molar-refractivity contribution < 1.29 is 4.79 Å². The van der Waals surface area contributed by atoms with E-state index in [2.05, 4.69) is 36.0 Å². The van der Waals surface area contributed by atoms with Gasteiger partial charge in [-0.25, -0.2) is 0 Å². The van der Waals surface area contributed by atoms with Gasteiger partial charge in [0, 0.05) is 13.1 Å². The molecule has 0 aromatic rings. The van der Waals surface area contributed by atoms with Crippen LogP contribution in [0.15, 0.2) is 0 Å². The molecule has 4 nitrogen and oxygen atoms in total. The molecule has 0 bridgehead atoms. The molecule has 2 saturated heterocycles. The van der Waals surface area contributed by atoms with Gasteiger partial charge in [0.05, 0.1) is 11.7 Å². The van der Waals surface area contributed by atoms with Crippen molar-refractivity contribution in [2.24, 2.45) is 11.8 Å². The van der Waals surface area contributed by atoms with E-state index in [-0.39, 0.29) is 11.7 Å². The molecule has 1 saturated carbocycles. The van der Waals surface area contributed by atoms with E-state index in [1.807, 2.05) is 0 Å². The van der Waals surface area contributed by atoms with Crippen molar-refractivity contribution in [3.05, 3.63) is 0 Å². The molecule has 1 aliphatic carbocycles. The van der Waals surface area contributed by atoms with Crippen LogP contribution in [0.4, 0.5) is 0 Å². The largest absolute Gasteiger partial charge is 0.325 e. The molecule has 1 amide bonds. The molecule has 4 heteroatoms. The van der Waals surface area contributed by atoms with Gasteiger partial charge in [-0.2, -0.15) is 0 Å². The summed E-state index contributed by atoms with van der Waals surface area (Å²) in [4.78, 5) is 17.0. The van der Waals surface area contributed by atoms with E-state index in [0.29, 0.717) is 17.7 Å². The number of rotatable bonds is 3. The van der Waals surface area contributed by atoms with Crippen molar-refractivity contribution in [2.75, 3.05) is 26.7 Å². The molecule has 18 heavy (non-hydrogen) atoms. The zero-order chi connectivity index (χ0) is 12.9. The standard InChI is InChI=1S/C14H25N3O/c1-10(2)12-15-14(5-6-14)13(18)17(12)9-11-4-7-16(3)8-11/h10-12,15H,4-9H2,1-3H3. The molecule has 0 radical (unpaired) electrons. The fraction of sp³-hybridized carbons (Fsp3) is 0.929. The summed E-state index contributed by atoms with van der Waals surface area (Å²) in [5, 5.41) is 3.59. The van der Waals surface area contributed by atoms with Crippen LogP contribution in [0.1, 0.15) is 33.1 Å². The van der Waals surface area contributed by atoms with E-state index < -0.39 is 0 Å². The lowest BCUT2D eigenvalue weighted by atomic mass is 10.1. The Kier molecular flexibility index (Phi) is 2.90. The minimum absolute atomic E-state index is 0.153. The van der Waals surface area contributed by atoms with Crippen LogP contribution in [0.3, 0.4) is 0 Å². The lowest BCUT2D eigenvalue weighted by Crippen LogP contribution is -2.44. The van der Waals surface area contributed by atoms with E-state index >= 15 is 0 Å². The number of hydrogen-bond donors (Lipinski definition) is 1. The lowest BCUT2D eigenvalue weighted by Gasteiger charge is -2.29. The predicted molar refractivity (Wildman–Crippen MR) is 71.0 cm³/mol. The first-order valence-corrected chi connectivity index (χ1v) is 7.29. The van der Waals surface area contributed by atoms with Crippen LogP contribution in [0.2, 0.25) is 0 Å². The van der Waals surface area contributed by atoms with Gasteiger partial charge >= 0.3 is 0 Å². The van der Waals surface area contributed by atoms with Gasteiger partial charge in [0.2, 0.25) is 5.91 Å². The Hall–Kier alpha value is -0.610. The summed E-state index contributed by atoms with van der Waals surface area (Å²) in [6.07, 6.45) is 3.57. The topological polar surface area (TPSA) is 35.6 Å². The van der Waals surface area contributed by atoms with E-state index in [0.717, 1.165) is 25.9 Å². The van der Waals surface area contributed by atoms with Crippen LogP contribution in [0.25, 0.3) is 0 Å². The first-order chi connectivity index (χ1) is 8.52. The minimum atomic E-state index is -0.153. The maximum absolute atomic E-state index is 12.5. The Morgan fingerprint density at radius 2 is 2.17 bits per heavy atom. The second-order valence-corrected chi connectivity index (χ2v) is 6.79.